The lowest BCUT2D eigenvalue weighted by Gasteiger charge is -2.10. The molecule has 0 bridgehead atoms. The molecule has 0 heterocycles. The van der Waals surface area contributed by atoms with Crippen LogP contribution in [0.2, 0.25) is 0 Å². The quantitative estimate of drug-likeness (QED) is 0.316. The lowest BCUT2D eigenvalue weighted by Crippen LogP contribution is -2.17. The summed E-state index contributed by atoms with van der Waals surface area (Å²) in [6.07, 6.45) is 0. The van der Waals surface area contributed by atoms with Crippen LogP contribution < -0.4 is 20.7 Å². The fourth-order valence-corrected chi connectivity index (χ4v) is 3.08. The van der Waals surface area contributed by atoms with Crippen LogP contribution in [0.4, 0.5) is 17.1 Å². The van der Waals surface area contributed by atoms with Gasteiger partial charge >= 0.3 is 0 Å². The Balaban J connectivity index is 1.49. The maximum atomic E-state index is 12.5. The number of hydrogen-bond acceptors (Lipinski definition) is 6. The molecule has 0 aliphatic carbocycles. The molecule has 0 radical (unpaired) electrons. The highest BCUT2D eigenvalue weighted by molar-refractivity contribution is 6.05. The number of rotatable bonds is 9. The zero-order chi connectivity index (χ0) is 25.2. The van der Waals surface area contributed by atoms with Crippen molar-refractivity contribution in [2.24, 2.45) is 5.16 Å². The summed E-state index contributed by atoms with van der Waals surface area (Å²) in [5, 5.41) is 12.1. The molecule has 9 nitrogen and oxygen atoms in total. The Hall–Kier alpha value is -4.66. The van der Waals surface area contributed by atoms with E-state index in [9.17, 15) is 14.4 Å². The van der Waals surface area contributed by atoms with Crippen molar-refractivity contribution < 1.29 is 24.0 Å². The number of nitrogens with one attached hydrogen (secondary N) is 3. The van der Waals surface area contributed by atoms with Crippen molar-refractivity contribution in [2.75, 3.05) is 29.7 Å². The first-order valence-electron chi connectivity index (χ1n) is 10.7. The highest BCUT2D eigenvalue weighted by Crippen LogP contribution is 2.24. The average Bonchev–Trinajstić information content (AvgIpc) is 2.84. The minimum atomic E-state index is -0.395. The molecule has 0 fully saturated rings. The summed E-state index contributed by atoms with van der Waals surface area (Å²) in [6.45, 7) is 2.91. The Morgan fingerprint density at radius 2 is 1.37 bits per heavy atom. The van der Waals surface area contributed by atoms with Gasteiger partial charge in [0.2, 0.25) is 5.91 Å². The summed E-state index contributed by atoms with van der Waals surface area (Å²) < 4.78 is 5.24. The van der Waals surface area contributed by atoms with Crippen LogP contribution in [-0.2, 0) is 14.4 Å². The third-order valence-corrected chi connectivity index (χ3v) is 4.81. The smallest absolute Gasteiger partial charge is 0.265 e. The second kappa shape index (κ2) is 12.0. The third-order valence-electron chi connectivity index (χ3n) is 4.81. The van der Waals surface area contributed by atoms with Crippen molar-refractivity contribution in [1.29, 1.82) is 0 Å². The van der Waals surface area contributed by atoms with Crippen molar-refractivity contribution in [2.45, 2.75) is 13.8 Å². The zero-order valence-corrected chi connectivity index (χ0v) is 19.6. The van der Waals surface area contributed by atoms with Gasteiger partial charge in [-0.15, -0.1) is 0 Å². The SMILES string of the molecule is COc1ccccc1NC(=O)c1ccc(NC(=O)CO/N=C(\C)c2ccc(NC(C)=O)cc2)cc1. The van der Waals surface area contributed by atoms with E-state index in [1.54, 1.807) is 73.7 Å². The molecule has 9 heteroatoms. The third kappa shape index (κ3) is 7.43. The first-order valence-corrected chi connectivity index (χ1v) is 10.7. The fraction of sp³-hybridized carbons (Fsp3) is 0.154. The van der Waals surface area contributed by atoms with Gasteiger partial charge in [0.15, 0.2) is 6.61 Å². The van der Waals surface area contributed by atoms with E-state index in [0.29, 0.717) is 34.1 Å². The number of benzene rings is 3. The number of methoxy groups -OCH3 is 1. The number of para-hydroxylation sites is 2. The summed E-state index contributed by atoms with van der Waals surface area (Å²) in [7, 11) is 1.53. The average molecular weight is 475 g/mol. The molecule has 0 spiro atoms. The van der Waals surface area contributed by atoms with Gasteiger partial charge in [-0.2, -0.15) is 0 Å². The van der Waals surface area contributed by atoms with Gasteiger partial charge in [-0.05, 0) is 61.0 Å². The Kier molecular flexibility index (Phi) is 8.55. The fourth-order valence-electron chi connectivity index (χ4n) is 3.08. The molecule has 0 atom stereocenters. The van der Waals surface area contributed by atoms with E-state index in [2.05, 4.69) is 21.1 Å². The number of amides is 3. The van der Waals surface area contributed by atoms with Gasteiger partial charge in [0.1, 0.15) is 5.75 Å². The summed E-state index contributed by atoms with van der Waals surface area (Å²) in [5.74, 6) is -0.285. The monoisotopic (exact) mass is 474 g/mol. The van der Waals surface area contributed by atoms with Crippen LogP contribution in [0.15, 0.2) is 78.0 Å². The topological polar surface area (TPSA) is 118 Å². The van der Waals surface area contributed by atoms with Crippen molar-refractivity contribution in [3.63, 3.8) is 0 Å². The lowest BCUT2D eigenvalue weighted by molar-refractivity contribution is -0.120. The van der Waals surface area contributed by atoms with E-state index in [4.69, 9.17) is 9.57 Å². The maximum Gasteiger partial charge on any atom is 0.265 e. The summed E-state index contributed by atoms with van der Waals surface area (Å²) in [6, 6.07) is 20.7. The molecule has 180 valence electrons. The normalized spacial score (nSPS) is 10.8. The Bertz CT molecular complexity index is 1220. The number of oxime groups is 1. The number of nitrogens with zero attached hydrogens (tertiary/aromatic N) is 1. The standard InChI is InChI=1S/C26H26N4O5/c1-17(19-8-12-21(13-9-19)27-18(2)31)30-35-16-25(32)28-22-14-10-20(11-15-22)26(33)29-23-6-4-5-7-24(23)34-3/h4-15H,16H2,1-3H3,(H,27,31)(H,28,32)(H,29,33)/b30-17+. The molecule has 3 N–H and O–H groups in total. The van der Waals surface area contributed by atoms with Crippen LogP contribution >= 0.6 is 0 Å². The van der Waals surface area contributed by atoms with Gasteiger partial charge < -0.3 is 25.5 Å². The summed E-state index contributed by atoms with van der Waals surface area (Å²) in [5.41, 5.74) is 3.56. The van der Waals surface area contributed by atoms with Crippen LogP contribution in [0.25, 0.3) is 0 Å². The molecule has 0 aromatic heterocycles. The molecule has 0 aliphatic heterocycles. The predicted molar refractivity (Wildman–Crippen MR) is 135 cm³/mol. The van der Waals surface area contributed by atoms with E-state index in [1.807, 2.05) is 6.07 Å². The second-order valence-electron chi connectivity index (χ2n) is 7.49. The number of carbonyl (C=O) groups is 3. The molecule has 0 unspecified atom stereocenters. The zero-order valence-electron chi connectivity index (χ0n) is 19.6. The second-order valence-corrected chi connectivity index (χ2v) is 7.49. The summed E-state index contributed by atoms with van der Waals surface area (Å²) in [4.78, 5) is 40.9. The van der Waals surface area contributed by atoms with Gasteiger partial charge in [0.25, 0.3) is 11.8 Å². The molecule has 3 rings (SSSR count). The molecule has 0 aliphatic rings. The van der Waals surface area contributed by atoms with Gasteiger partial charge in [0, 0.05) is 23.9 Å². The minimum Gasteiger partial charge on any atom is -0.495 e. The Labute approximate surface area is 203 Å². The van der Waals surface area contributed by atoms with Crippen molar-refractivity contribution >= 4 is 40.5 Å². The molecule has 3 aromatic rings. The number of carbonyl (C=O) groups excluding carboxylic acids is 3. The van der Waals surface area contributed by atoms with Crippen LogP contribution in [0.1, 0.15) is 29.8 Å². The molecular weight excluding hydrogens is 448 g/mol. The lowest BCUT2D eigenvalue weighted by atomic mass is 10.1. The van der Waals surface area contributed by atoms with E-state index in [-0.39, 0.29) is 18.4 Å². The molecule has 0 saturated carbocycles. The van der Waals surface area contributed by atoms with Crippen LogP contribution in [0.5, 0.6) is 5.75 Å². The molecule has 3 aromatic carbocycles. The Morgan fingerprint density at radius 1 is 0.771 bits per heavy atom. The van der Waals surface area contributed by atoms with Gasteiger partial charge in [-0.3, -0.25) is 14.4 Å². The van der Waals surface area contributed by atoms with Gasteiger partial charge in [-0.25, -0.2) is 0 Å². The number of hydrogen-bond donors (Lipinski definition) is 3. The molecule has 0 saturated heterocycles. The van der Waals surface area contributed by atoms with Crippen LogP contribution in [-0.4, -0.2) is 37.1 Å². The van der Waals surface area contributed by atoms with Crippen LogP contribution in [0, 0.1) is 0 Å². The number of ether oxygens (including phenoxy) is 1. The predicted octanol–water partition coefficient (Wildman–Crippen LogP) is 4.29. The molecule has 35 heavy (non-hydrogen) atoms. The van der Waals surface area contributed by atoms with Gasteiger partial charge in [-0.1, -0.05) is 29.4 Å². The first kappa shape index (κ1) is 25.0. The summed E-state index contributed by atoms with van der Waals surface area (Å²) >= 11 is 0. The first-order chi connectivity index (χ1) is 16.9. The largest absolute Gasteiger partial charge is 0.495 e. The van der Waals surface area contributed by atoms with Crippen molar-refractivity contribution in [3.05, 3.63) is 83.9 Å². The van der Waals surface area contributed by atoms with E-state index in [1.165, 1.54) is 14.0 Å². The van der Waals surface area contributed by atoms with Crippen LogP contribution in [0.3, 0.4) is 0 Å². The van der Waals surface area contributed by atoms with E-state index >= 15 is 0 Å². The highest BCUT2D eigenvalue weighted by atomic mass is 16.6. The number of anilines is 3. The maximum absolute atomic E-state index is 12.5. The molecule has 3 amide bonds. The van der Waals surface area contributed by atoms with E-state index < -0.39 is 5.91 Å². The highest BCUT2D eigenvalue weighted by Gasteiger charge is 2.10. The van der Waals surface area contributed by atoms with Crippen molar-refractivity contribution in [1.82, 2.24) is 0 Å². The minimum absolute atomic E-state index is 0.150. The van der Waals surface area contributed by atoms with E-state index in [0.717, 1.165) is 5.56 Å². The molecular formula is C26H26N4O5. The van der Waals surface area contributed by atoms with Crippen molar-refractivity contribution in [3.8, 4) is 5.75 Å². The van der Waals surface area contributed by atoms with Gasteiger partial charge in [0.05, 0.1) is 18.5 Å². The Morgan fingerprint density at radius 3 is 2.00 bits per heavy atom.